The van der Waals surface area contributed by atoms with E-state index in [1.54, 1.807) is 18.2 Å². The summed E-state index contributed by atoms with van der Waals surface area (Å²) in [5.41, 5.74) is 1.06. The van der Waals surface area contributed by atoms with Gasteiger partial charge < -0.3 is 10.1 Å². The van der Waals surface area contributed by atoms with E-state index in [0.29, 0.717) is 5.56 Å². The Balaban J connectivity index is 2.07. The third kappa shape index (κ3) is 4.77. The van der Waals surface area contributed by atoms with Crippen molar-refractivity contribution >= 4 is 34.9 Å². The zero-order chi connectivity index (χ0) is 18.6. The molecule has 0 spiro atoms. The highest BCUT2D eigenvalue weighted by molar-refractivity contribution is 6.33. The molecule has 7 nitrogen and oxygen atoms in total. The molecule has 2 aromatic rings. The summed E-state index contributed by atoms with van der Waals surface area (Å²) in [5.74, 6) is -1.29. The van der Waals surface area contributed by atoms with Crippen molar-refractivity contribution in [3.05, 3.63) is 68.7 Å². The van der Waals surface area contributed by atoms with Gasteiger partial charge in [0.05, 0.1) is 21.2 Å². The summed E-state index contributed by atoms with van der Waals surface area (Å²) >= 11 is 5.92. The second kappa shape index (κ2) is 7.76. The first-order chi connectivity index (χ1) is 11.8. The van der Waals surface area contributed by atoms with Crippen LogP contribution in [0, 0.1) is 17.0 Å². The molecule has 0 saturated carbocycles. The Morgan fingerprint density at radius 1 is 1.24 bits per heavy atom. The summed E-state index contributed by atoms with van der Waals surface area (Å²) in [6.07, 6.45) is -1.11. The number of nitrogens with zero attached hydrogens (tertiary/aromatic N) is 1. The number of esters is 1. The van der Waals surface area contributed by atoms with Gasteiger partial charge in [-0.1, -0.05) is 29.3 Å². The van der Waals surface area contributed by atoms with Crippen LogP contribution in [-0.2, 0) is 9.53 Å². The van der Waals surface area contributed by atoms with E-state index in [2.05, 4.69) is 5.32 Å². The van der Waals surface area contributed by atoms with Gasteiger partial charge in [0, 0.05) is 12.1 Å². The third-order valence-electron chi connectivity index (χ3n) is 3.33. The second-order valence-corrected chi connectivity index (χ2v) is 5.73. The lowest BCUT2D eigenvalue weighted by atomic mass is 10.1. The number of carbonyl (C=O) groups is 2. The Labute approximate surface area is 148 Å². The largest absolute Gasteiger partial charge is 0.449 e. The highest BCUT2D eigenvalue weighted by Crippen LogP contribution is 2.26. The number of nitro benzene ring substituents is 1. The van der Waals surface area contributed by atoms with Gasteiger partial charge in [-0.25, -0.2) is 4.79 Å². The summed E-state index contributed by atoms with van der Waals surface area (Å²) in [6.45, 7) is 3.23. The van der Waals surface area contributed by atoms with Gasteiger partial charge in [-0.3, -0.25) is 14.9 Å². The molecule has 1 amide bonds. The lowest BCUT2D eigenvalue weighted by molar-refractivity contribution is -0.384. The number of aryl methyl sites for hydroxylation is 1. The van der Waals surface area contributed by atoms with Crippen molar-refractivity contribution in [2.24, 2.45) is 0 Å². The van der Waals surface area contributed by atoms with E-state index in [0.717, 1.165) is 11.6 Å². The molecule has 2 aromatic carbocycles. The second-order valence-electron chi connectivity index (χ2n) is 5.33. The monoisotopic (exact) mass is 362 g/mol. The zero-order valence-electron chi connectivity index (χ0n) is 13.5. The molecule has 1 N–H and O–H groups in total. The van der Waals surface area contributed by atoms with Gasteiger partial charge in [0.25, 0.3) is 11.6 Å². The molecule has 0 bridgehead atoms. The van der Waals surface area contributed by atoms with E-state index >= 15 is 0 Å². The number of ether oxygens (including phenoxy) is 1. The summed E-state index contributed by atoms with van der Waals surface area (Å²) < 4.78 is 5.12. The minimum atomic E-state index is -1.11. The van der Waals surface area contributed by atoms with Gasteiger partial charge >= 0.3 is 5.97 Å². The third-order valence-corrected chi connectivity index (χ3v) is 3.66. The zero-order valence-corrected chi connectivity index (χ0v) is 14.2. The van der Waals surface area contributed by atoms with E-state index in [4.69, 9.17) is 16.3 Å². The molecule has 0 saturated heterocycles. The number of non-ortho nitro benzene ring substituents is 1. The number of halogens is 1. The van der Waals surface area contributed by atoms with Gasteiger partial charge in [0.2, 0.25) is 0 Å². The molecular weight excluding hydrogens is 348 g/mol. The number of benzene rings is 2. The molecule has 0 radical (unpaired) electrons. The van der Waals surface area contributed by atoms with Crippen LogP contribution in [0.3, 0.4) is 0 Å². The molecule has 130 valence electrons. The molecule has 1 unspecified atom stereocenters. The number of hydrogen-bond donors (Lipinski definition) is 1. The van der Waals surface area contributed by atoms with Gasteiger partial charge in [-0.05, 0) is 32.0 Å². The fourth-order valence-corrected chi connectivity index (χ4v) is 2.18. The van der Waals surface area contributed by atoms with Crippen molar-refractivity contribution in [3.8, 4) is 0 Å². The van der Waals surface area contributed by atoms with Crippen LogP contribution in [0.5, 0.6) is 0 Å². The minimum absolute atomic E-state index is 0.0688. The maximum absolute atomic E-state index is 12.2. The maximum Gasteiger partial charge on any atom is 0.338 e. The van der Waals surface area contributed by atoms with E-state index < -0.39 is 22.9 Å². The average molecular weight is 363 g/mol. The lowest BCUT2D eigenvalue weighted by Crippen LogP contribution is -2.30. The van der Waals surface area contributed by atoms with Crippen molar-refractivity contribution in [2.75, 3.05) is 5.32 Å². The van der Waals surface area contributed by atoms with Crippen LogP contribution in [0.15, 0.2) is 42.5 Å². The van der Waals surface area contributed by atoms with Crippen LogP contribution in [0.2, 0.25) is 5.02 Å². The molecule has 25 heavy (non-hydrogen) atoms. The van der Waals surface area contributed by atoms with Crippen molar-refractivity contribution in [3.63, 3.8) is 0 Å². The number of nitro groups is 1. The van der Waals surface area contributed by atoms with Gasteiger partial charge in [-0.2, -0.15) is 0 Å². The van der Waals surface area contributed by atoms with Crippen molar-refractivity contribution in [2.45, 2.75) is 20.0 Å². The molecule has 0 aliphatic heterocycles. The van der Waals surface area contributed by atoms with Crippen LogP contribution in [0.1, 0.15) is 22.8 Å². The summed E-state index contributed by atoms with van der Waals surface area (Å²) in [5, 5.41) is 13.4. The molecule has 0 heterocycles. The van der Waals surface area contributed by atoms with Gasteiger partial charge in [-0.15, -0.1) is 0 Å². The predicted molar refractivity (Wildman–Crippen MR) is 92.8 cm³/mol. The molecular formula is C17H15ClN2O5. The quantitative estimate of drug-likeness (QED) is 0.496. The number of hydrogen-bond acceptors (Lipinski definition) is 5. The number of carbonyl (C=O) groups excluding carboxylic acids is 2. The lowest BCUT2D eigenvalue weighted by Gasteiger charge is -2.14. The molecule has 1 atom stereocenters. The van der Waals surface area contributed by atoms with Crippen molar-refractivity contribution in [1.29, 1.82) is 0 Å². The van der Waals surface area contributed by atoms with Gasteiger partial charge in [0.1, 0.15) is 0 Å². The number of amides is 1. The SMILES string of the molecule is Cc1cccc(C(=O)OC(C)C(=O)Nc2cc([N+](=O)[O-])ccc2Cl)c1. The normalized spacial score (nSPS) is 11.5. The Morgan fingerprint density at radius 2 is 1.96 bits per heavy atom. The Bertz CT molecular complexity index is 838. The average Bonchev–Trinajstić information content (AvgIpc) is 2.56. The molecule has 0 aromatic heterocycles. The van der Waals surface area contributed by atoms with Crippen LogP contribution in [-0.4, -0.2) is 22.9 Å². The molecule has 2 rings (SSSR count). The molecule has 0 aliphatic carbocycles. The summed E-state index contributed by atoms with van der Waals surface area (Å²) in [7, 11) is 0. The molecule has 0 aliphatic rings. The number of nitrogens with one attached hydrogen (secondary N) is 1. The Kier molecular flexibility index (Phi) is 5.71. The predicted octanol–water partition coefficient (Wildman–Crippen LogP) is 3.74. The minimum Gasteiger partial charge on any atom is -0.449 e. The summed E-state index contributed by atoms with van der Waals surface area (Å²) in [4.78, 5) is 34.4. The first-order valence-electron chi connectivity index (χ1n) is 7.30. The van der Waals surface area contributed by atoms with E-state index in [9.17, 15) is 19.7 Å². The standard InChI is InChI=1S/C17H15ClN2O5/c1-10-4-3-5-12(8-10)17(22)25-11(2)16(21)19-15-9-13(20(23)24)6-7-14(15)18/h3-9,11H,1-2H3,(H,19,21). The fourth-order valence-electron chi connectivity index (χ4n) is 2.01. The first-order valence-corrected chi connectivity index (χ1v) is 7.68. The van der Waals surface area contributed by atoms with E-state index in [1.165, 1.54) is 19.1 Å². The number of anilines is 1. The molecule has 8 heteroatoms. The topological polar surface area (TPSA) is 98.5 Å². The Hall–Kier alpha value is -2.93. The first kappa shape index (κ1) is 18.4. The van der Waals surface area contributed by atoms with Crippen LogP contribution < -0.4 is 5.32 Å². The van der Waals surface area contributed by atoms with Crippen LogP contribution in [0.25, 0.3) is 0 Å². The smallest absolute Gasteiger partial charge is 0.338 e. The highest BCUT2D eigenvalue weighted by Gasteiger charge is 2.21. The molecule has 0 fully saturated rings. The van der Waals surface area contributed by atoms with Crippen molar-refractivity contribution < 1.29 is 19.2 Å². The van der Waals surface area contributed by atoms with Crippen molar-refractivity contribution in [1.82, 2.24) is 0 Å². The van der Waals surface area contributed by atoms with E-state index in [1.807, 2.05) is 13.0 Å². The highest BCUT2D eigenvalue weighted by atomic mass is 35.5. The fraction of sp³-hybridized carbons (Fsp3) is 0.176. The number of rotatable bonds is 5. The van der Waals surface area contributed by atoms with E-state index in [-0.39, 0.29) is 16.4 Å². The summed E-state index contributed by atoms with van der Waals surface area (Å²) in [6, 6.07) is 10.4. The Morgan fingerprint density at radius 3 is 2.60 bits per heavy atom. The maximum atomic E-state index is 12.2. The van der Waals surface area contributed by atoms with Crippen LogP contribution in [0.4, 0.5) is 11.4 Å². The van der Waals surface area contributed by atoms with Gasteiger partial charge in [0.15, 0.2) is 6.10 Å². The van der Waals surface area contributed by atoms with Crippen LogP contribution >= 0.6 is 11.6 Å².